The third-order valence-electron chi connectivity index (χ3n) is 4.29. The molecule has 0 spiro atoms. The van der Waals surface area contributed by atoms with Gasteiger partial charge in [-0.05, 0) is 57.4 Å². The Morgan fingerprint density at radius 2 is 1.78 bits per heavy atom. The van der Waals surface area contributed by atoms with Gasteiger partial charge < -0.3 is 5.11 Å². The molecule has 0 bridgehead atoms. The van der Waals surface area contributed by atoms with Crippen LogP contribution in [0, 0.1) is 0 Å². The van der Waals surface area contributed by atoms with Crippen molar-refractivity contribution in [2.75, 3.05) is 0 Å². The van der Waals surface area contributed by atoms with Crippen LogP contribution in [0.5, 0.6) is 0 Å². The summed E-state index contributed by atoms with van der Waals surface area (Å²) < 4.78 is 28.9. The van der Waals surface area contributed by atoms with E-state index in [1.807, 2.05) is 6.07 Å². The van der Waals surface area contributed by atoms with Crippen LogP contribution in [0.4, 0.5) is 0 Å². The molecule has 0 aliphatic carbocycles. The van der Waals surface area contributed by atoms with E-state index >= 15 is 0 Å². The predicted molar refractivity (Wildman–Crippen MR) is 108 cm³/mol. The second kappa shape index (κ2) is 6.92. The monoisotopic (exact) mass is 442 g/mol. The van der Waals surface area contributed by atoms with Crippen molar-refractivity contribution < 1.29 is 13.5 Å². The number of hydrogen-bond donors (Lipinski definition) is 1. The molecule has 0 fully saturated rings. The molecule has 0 aliphatic heterocycles. The number of hydrogen-bond acceptors (Lipinski definition) is 4. The first kappa shape index (κ1) is 17.9. The average Bonchev–Trinajstić information content (AvgIpc) is 3.10. The fourth-order valence-electron chi connectivity index (χ4n) is 3.01. The number of pyridine rings is 1. The third kappa shape index (κ3) is 3.07. The van der Waals surface area contributed by atoms with E-state index in [1.54, 1.807) is 66.9 Å². The lowest BCUT2D eigenvalue weighted by molar-refractivity contribution is 0.282. The summed E-state index contributed by atoms with van der Waals surface area (Å²) in [6.45, 7) is -0.124. The maximum absolute atomic E-state index is 13.4. The number of rotatable bonds is 4. The number of aliphatic hydroxyl groups is 1. The van der Waals surface area contributed by atoms with E-state index in [4.69, 9.17) is 0 Å². The second-order valence-electron chi connectivity index (χ2n) is 6.00. The standard InChI is InChI=1S/C20H15BrN2O3S/c21-18-9-10-22-20-17(18)12-19(15-6-4-5-14(11-15)13-24)23(20)27(25,26)16-7-2-1-3-8-16/h1-12,24H,13H2. The van der Waals surface area contributed by atoms with Gasteiger partial charge in [-0.15, -0.1) is 0 Å². The van der Waals surface area contributed by atoms with Crippen LogP contribution in [0.25, 0.3) is 22.3 Å². The van der Waals surface area contributed by atoms with Gasteiger partial charge in [0.05, 0.1) is 17.2 Å². The van der Waals surface area contributed by atoms with Crippen molar-refractivity contribution in [1.82, 2.24) is 8.96 Å². The summed E-state index contributed by atoms with van der Waals surface area (Å²) in [6, 6.07) is 19.0. The van der Waals surface area contributed by atoms with Gasteiger partial charge in [0.25, 0.3) is 10.0 Å². The van der Waals surface area contributed by atoms with Crippen molar-refractivity contribution in [2.24, 2.45) is 0 Å². The van der Waals surface area contributed by atoms with E-state index in [2.05, 4.69) is 20.9 Å². The van der Waals surface area contributed by atoms with Crippen molar-refractivity contribution in [3.05, 3.63) is 83.0 Å². The minimum Gasteiger partial charge on any atom is -0.392 e. The van der Waals surface area contributed by atoms with Crippen molar-refractivity contribution in [1.29, 1.82) is 0 Å². The number of halogens is 1. The summed E-state index contributed by atoms with van der Waals surface area (Å²) in [5.74, 6) is 0. The van der Waals surface area contributed by atoms with Crippen molar-refractivity contribution in [2.45, 2.75) is 11.5 Å². The van der Waals surface area contributed by atoms with Gasteiger partial charge in [-0.25, -0.2) is 17.4 Å². The summed E-state index contributed by atoms with van der Waals surface area (Å²) in [6.07, 6.45) is 1.57. The highest BCUT2D eigenvalue weighted by Crippen LogP contribution is 2.34. The number of fused-ring (bicyclic) bond motifs is 1. The highest BCUT2D eigenvalue weighted by Gasteiger charge is 2.25. The molecule has 0 unspecified atom stereocenters. The smallest absolute Gasteiger partial charge is 0.269 e. The van der Waals surface area contributed by atoms with Gasteiger partial charge >= 0.3 is 0 Å². The fourth-order valence-corrected chi connectivity index (χ4v) is 4.93. The Morgan fingerprint density at radius 1 is 1.00 bits per heavy atom. The normalized spacial score (nSPS) is 11.8. The average molecular weight is 443 g/mol. The molecule has 0 radical (unpaired) electrons. The number of nitrogens with zero attached hydrogens (tertiary/aromatic N) is 2. The van der Waals surface area contributed by atoms with E-state index in [9.17, 15) is 13.5 Å². The molecule has 136 valence electrons. The van der Waals surface area contributed by atoms with Crippen LogP contribution in [0.1, 0.15) is 5.56 Å². The van der Waals surface area contributed by atoms with Gasteiger partial charge in [0.1, 0.15) is 0 Å². The molecule has 2 heterocycles. The van der Waals surface area contributed by atoms with Crippen LogP contribution in [-0.4, -0.2) is 22.5 Å². The molecule has 4 aromatic rings. The van der Waals surface area contributed by atoms with Crippen LogP contribution in [0.2, 0.25) is 0 Å². The minimum atomic E-state index is -3.87. The van der Waals surface area contributed by atoms with E-state index < -0.39 is 10.0 Å². The summed E-state index contributed by atoms with van der Waals surface area (Å²) in [5, 5.41) is 10.2. The molecule has 2 aromatic heterocycles. The van der Waals surface area contributed by atoms with Gasteiger partial charge in [0.2, 0.25) is 0 Å². The Kier molecular flexibility index (Phi) is 4.59. The summed E-state index contributed by atoms with van der Waals surface area (Å²) in [5.41, 5.74) is 2.22. The molecule has 0 atom stereocenters. The number of aliphatic hydroxyl groups excluding tert-OH is 1. The van der Waals surface area contributed by atoms with Gasteiger partial charge in [-0.1, -0.05) is 36.4 Å². The first-order valence-corrected chi connectivity index (χ1v) is 10.4. The minimum absolute atomic E-state index is 0.124. The van der Waals surface area contributed by atoms with Crippen LogP contribution < -0.4 is 0 Å². The molecule has 2 aromatic carbocycles. The maximum atomic E-state index is 13.4. The lowest BCUT2D eigenvalue weighted by atomic mass is 10.1. The Bertz CT molecular complexity index is 1230. The quantitative estimate of drug-likeness (QED) is 0.514. The van der Waals surface area contributed by atoms with Crippen LogP contribution in [0.3, 0.4) is 0 Å². The fraction of sp³-hybridized carbons (Fsp3) is 0.0500. The van der Waals surface area contributed by atoms with Crippen LogP contribution >= 0.6 is 15.9 Å². The van der Waals surface area contributed by atoms with Gasteiger partial charge in [-0.3, -0.25) is 0 Å². The molecule has 5 nitrogen and oxygen atoms in total. The zero-order valence-electron chi connectivity index (χ0n) is 14.1. The van der Waals surface area contributed by atoms with Crippen LogP contribution in [0.15, 0.2) is 82.3 Å². The van der Waals surface area contributed by atoms with E-state index in [-0.39, 0.29) is 11.5 Å². The summed E-state index contributed by atoms with van der Waals surface area (Å²) in [7, 11) is -3.87. The third-order valence-corrected chi connectivity index (χ3v) is 6.70. The van der Waals surface area contributed by atoms with Gasteiger partial charge in [0, 0.05) is 16.1 Å². The molecule has 0 amide bonds. The van der Waals surface area contributed by atoms with Crippen molar-refractivity contribution in [3.8, 4) is 11.3 Å². The molecule has 0 aliphatic rings. The first-order valence-electron chi connectivity index (χ1n) is 8.19. The Labute approximate surface area is 165 Å². The molecule has 1 N–H and O–H groups in total. The molecule has 4 rings (SSSR count). The molecular weight excluding hydrogens is 428 g/mol. The van der Waals surface area contributed by atoms with Crippen LogP contribution in [-0.2, 0) is 16.6 Å². The second-order valence-corrected chi connectivity index (χ2v) is 8.64. The summed E-state index contributed by atoms with van der Waals surface area (Å²) >= 11 is 3.48. The lowest BCUT2D eigenvalue weighted by Crippen LogP contribution is -2.14. The van der Waals surface area contributed by atoms with Crippen molar-refractivity contribution in [3.63, 3.8) is 0 Å². The zero-order chi connectivity index (χ0) is 19.0. The molecular formula is C20H15BrN2O3S. The Hall–Kier alpha value is -2.48. The predicted octanol–water partition coefficient (Wildman–Crippen LogP) is 4.20. The van der Waals surface area contributed by atoms with Gasteiger partial charge in [-0.2, -0.15) is 0 Å². The van der Waals surface area contributed by atoms with E-state index in [0.717, 1.165) is 4.47 Å². The number of aromatic nitrogens is 2. The van der Waals surface area contributed by atoms with Gasteiger partial charge in [0.15, 0.2) is 5.65 Å². The first-order chi connectivity index (χ1) is 13.0. The molecule has 0 saturated carbocycles. The molecule has 7 heteroatoms. The largest absolute Gasteiger partial charge is 0.392 e. The zero-order valence-corrected chi connectivity index (χ0v) is 16.5. The summed E-state index contributed by atoms with van der Waals surface area (Å²) in [4.78, 5) is 4.51. The maximum Gasteiger partial charge on any atom is 0.269 e. The lowest BCUT2D eigenvalue weighted by Gasteiger charge is -2.12. The highest BCUT2D eigenvalue weighted by molar-refractivity contribution is 9.10. The number of benzene rings is 2. The topological polar surface area (TPSA) is 72.2 Å². The highest BCUT2D eigenvalue weighted by atomic mass is 79.9. The van der Waals surface area contributed by atoms with E-state index in [0.29, 0.717) is 27.9 Å². The van der Waals surface area contributed by atoms with Crippen molar-refractivity contribution >= 4 is 37.0 Å². The SMILES string of the molecule is O=S(=O)(c1ccccc1)n1c(-c2cccc(CO)c2)cc2c(Br)ccnc21. The Balaban J connectivity index is 2.08. The van der Waals surface area contributed by atoms with E-state index in [1.165, 1.54) is 3.97 Å². The molecule has 0 saturated heterocycles. The Morgan fingerprint density at radius 3 is 2.52 bits per heavy atom. The molecule has 27 heavy (non-hydrogen) atoms.